The lowest BCUT2D eigenvalue weighted by molar-refractivity contribution is -0.0231. The van der Waals surface area contributed by atoms with Gasteiger partial charge in [0.2, 0.25) is 0 Å². The van der Waals surface area contributed by atoms with E-state index in [2.05, 4.69) is 94.4 Å². The maximum atomic E-state index is 10.9. The number of unbranched alkanes of at least 4 members (excludes halogenated alkanes) is 12. The molecule has 0 saturated carbocycles. The quantitative estimate of drug-likeness (QED) is 0.0886. The molecule has 3 nitrogen and oxygen atoms in total. The van der Waals surface area contributed by atoms with Crippen LogP contribution in [0.4, 0.5) is 0 Å². The fourth-order valence-electron chi connectivity index (χ4n) is 6.59. The van der Waals surface area contributed by atoms with Gasteiger partial charge in [-0.2, -0.15) is 0 Å². The second kappa shape index (κ2) is 22.1. The number of aryl methyl sites for hydroxylation is 2. The van der Waals surface area contributed by atoms with Crippen molar-refractivity contribution in [3.8, 4) is 5.75 Å². The van der Waals surface area contributed by atoms with Crippen molar-refractivity contribution in [3.63, 3.8) is 0 Å². The maximum absolute atomic E-state index is 10.9. The number of phenolic OH excluding ortho intramolecular Hbond substituents is 1. The highest BCUT2D eigenvalue weighted by atomic mass is 16.5. The lowest BCUT2D eigenvalue weighted by atomic mass is 9.88. The van der Waals surface area contributed by atoms with Gasteiger partial charge in [0.15, 0.2) is 0 Å². The Balaban J connectivity index is 1.26. The van der Waals surface area contributed by atoms with Gasteiger partial charge in [0.1, 0.15) is 5.75 Å². The molecule has 0 aliphatic carbocycles. The number of phenols is 1. The molecular formula is C44H66O3. The van der Waals surface area contributed by atoms with Gasteiger partial charge in [-0.15, -0.1) is 0 Å². The van der Waals surface area contributed by atoms with E-state index >= 15 is 0 Å². The van der Waals surface area contributed by atoms with Crippen LogP contribution in [-0.2, 0) is 35.2 Å². The van der Waals surface area contributed by atoms with E-state index in [0.29, 0.717) is 12.2 Å². The first-order chi connectivity index (χ1) is 22.7. The Hall–Kier alpha value is -2.62. The summed E-state index contributed by atoms with van der Waals surface area (Å²) >= 11 is 0. The smallest absolute Gasteiger partial charge is 0.119 e. The average molecular weight is 643 g/mol. The predicted octanol–water partition coefficient (Wildman–Crippen LogP) is 12.0. The molecule has 3 aromatic carbocycles. The summed E-state index contributed by atoms with van der Waals surface area (Å²) in [6, 6.07) is 27.6. The van der Waals surface area contributed by atoms with Crippen LogP contribution in [0.15, 0.2) is 78.9 Å². The van der Waals surface area contributed by atoms with Gasteiger partial charge in [-0.05, 0) is 94.5 Å². The van der Waals surface area contributed by atoms with Gasteiger partial charge in [0, 0.05) is 26.1 Å². The molecule has 0 fully saturated rings. The van der Waals surface area contributed by atoms with Crippen molar-refractivity contribution >= 4 is 0 Å². The number of hydrogen-bond acceptors (Lipinski definition) is 3. The van der Waals surface area contributed by atoms with Crippen molar-refractivity contribution in [1.82, 2.24) is 0 Å². The maximum Gasteiger partial charge on any atom is 0.119 e. The lowest BCUT2D eigenvalue weighted by Gasteiger charge is -2.30. The molecule has 1 N–H and O–H groups in total. The molecule has 0 amide bonds. The summed E-state index contributed by atoms with van der Waals surface area (Å²) < 4.78 is 12.8. The molecule has 3 rings (SSSR count). The molecule has 0 aliphatic rings. The number of ether oxygens (including phenoxy) is 2. The lowest BCUT2D eigenvalue weighted by Crippen LogP contribution is -2.31. The minimum atomic E-state index is -0.336. The third kappa shape index (κ3) is 17.4. The van der Waals surface area contributed by atoms with Crippen molar-refractivity contribution in [1.29, 1.82) is 0 Å². The molecule has 0 radical (unpaired) electrons. The largest absolute Gasteiger partial charge is 0.508 e. The molecule has 0 saturated heterocycles. The van der Waals surface area contributed by atoms with E-state index in [1.165, 1.54) is 101 Å². The molecule has 47 heavy (non-hydrogen) atoms. The van der Waals surface area contributed by atoms with E-state index in [1.54, 1.807) is 0 Å². The molecular weight excluding hydrogens is 576 g/mol. The van der Waals surface area contributed by atoms with E-state index in [1.807, 2.05) is 12.1 Å². The Kier molecular flexibility index (Phi) is 18.3. The highest BCUT2D eigenvalue weighted by molar-refractivity contribution is 5.41. The van der Waals surface area contributed by atoms with Gasteiger partial charge >= 0.3 is 0 Å². The standard InChI is InChI=1S/C44H66O3/c1-43(2,46-34-23-13-9-5-7-11-17-26-38-28-19-15-20-29-38)36-40-32-25-33-42(45)41(40)37-44(3,4)47-35-24-14-10-6-8-12-18-27-39-30-21-16-22-31-39/h15-16,19-22,25,28-33,45H,5-14,17-18,23-24,26-27,34-37H2,1-4H3. The highest BCUT2D eigenvalue weighted by Crippen LogP contribution is 2.31. The van der Waals surface area contributed by atoms with Gasteiger partial charge in [0.25, 0.3) is 0 Å². The van der Waals surface area contributed by atoms with Gasteiger partial charge in [0.05, 0.1) is 11.2 Å². The summed E-state index contributed by atoms with van der Waals surface area (Å²) in [6.45, 7) is 10.2. The van der Waals surface area contributed by atoms with Crippen molar-refractivity contribution in [2.24, 2.45) is 0 Å². The van der Waals surface area contributed by atoms with Crippen LogP contribution < -0.4 is 0 Å². The van der Waals surface area contributed by atoms with Crippen LogP contribution in [0, 0.1) is 0 Å². The number of benzene rings is 3. The van der Waals surface area contributed by atoms with Gasteiger partial charge in [-0.25, -0.2) is 0 Å². The third-order valence-electron chi connectivity index (χ3n) is 9.36. The molecule has 0 bridgehead atoms. The molecule has 3 heteroatoms. The fraction of sp³-hybridized carbons (Fsp3) is 0.591. The fourth-order valence-corrected chi connectivity index (χ4v) is 6.59. The van der Waals surface area contributed by atoms with Gasteiger partial charge < -0.3 is 14.6 Å². The second-order valence-corrected chi connectivity index (χ2v) is 14.9. The van der Waals surface area contributed by atoms with Crippen molar-refractivity contribution in [2.45, 2.75) is 154 Å². The van der Waals surface area contributed by atoms with Crippen molar-refractivity contribution in [2.75, 3.05) is 13.2 Å². The van der Waals surface area contributed by atoms with Crippen LogP contribution in [0.2, 0.25) is 0 Å². The van der Waals surface area contributed by atoms with Gasteiger partial charge in [-0.3, -0.25) is 0 Å². The Morgan fingerprint density at radius 2 is 0.851 bits per heavy atom. The summed E-state index contributed by atoms with van der Waals surface area (Å²) in [6.07, 6.45) is 21.6. The first-order valence-electron chi connectivity index (χ1n) is 18.9. The van der Waals surface area contributed by atoms with Crippen LogP contribution in [0.3, 0.4) is 0 Å². The summed E-state index contributed by atoms with van der Waals surface area (Å²) in [4.78, 5) is 0. The minimum absolute atomic E-state index is 0.285. The van der Waals surface area contributed by atoms with Crippen LogP contribution >= 0.6 is 0 Å². The van der Waals surface area contributed by atoms with Gasteiger partial charge in [-0.1, -0.05) is 137 Å². The Labute approximate surface area is 288 Å². The van der Waals surface area contributed by atoms with E-state index in [0.717, 1.165) is 43.6 Å². The van der Waals surface area contributed by atoms with Crippen LogP contribution in [-0.4, -0.2) is 29.5 Å². The molecule has 0 aromatic heterocycles. The van der Waals surface area contributed by atoms with Crippen LogP contribution in [0.25, 0.3) is 0 Å². The minimum Gasteiger partial charge on any atom is -0.508 e. The average Bonchev–Trinajstić information content (AvgIpc) is 3.05. The van der Waals surface area contributed by atoms with Crippen molar-refractivity contribution in [3.05, 3.63) is 101 Å². The molecule has 3 aromatic rings. The molecule has 0 aliphatic heterocycles. The monoisotopic (exact) mass is 643 g/mol. The summed E-state index contributed by atoms with van der Waals surface area (Å²) in [5.41, 5.74) is 4.45. The molecule has 260 valence electrons. The normalized spacial score (nSPS) is 12.1. The summed E-state index contributed by atoms with van der Waals surface area (Å²) in [5.74, 6) is 0.367. The van der Waals surface area contributed by atoms with Crippen LogP contribution in [0.5, 0.6) is 5.75 Å². The van der Waals surface area contributed by atoms with E-state index in [4.69, 9.17) is 9.47 Å². The predicted molar refractivity (Wildman–Crippen MR) is 201 cm³/mol. The summed E-state index contributed by atoms with van der Waals surface area (Å²) in [5, 5.41) is 10.9. The zero-order chi connectivity index (χ0) is 33.6. The third-order valence-corrected chi connectivity index (χ3v) is 9.36. The summed E-state index contributed by atoms with van der Waals surface area (Å²) in [7, 11) is 0. The molecule has 0 heterocycles. The zero-order valence-electron chi connectivity index (χ0n) is 30.4. The Morgan fingerprint density at radius 3 is 1.32 bits per heavy atom. The first kappa shape index (κ1) is 38.8. The Morgan fingerprint density at radius 1 is 0.447 bits per heavy atom. The first-order valence-corrected chi connectivity index (χ1v) is 18.9. The topological polar surface area (TPSA) is 38.7 Å². The second-order valence-electron chi connectivity index (χ2n) is 14.9. The number of rotatable bonds is 26. The molecule has 0 atom stereocenters. The zero-order valence-corrected chi connectivity index (χ0v) is 30.4. The number of aromatic hydroxyl groups is 1. The van der Waals surface area contributed by atoms with E-state index < -0.39 is 0 Å². The highest BCUT2D eigenvalue weighted by Gasteiger charge is 2.26. The Bertz CT molecular complexity index is 1200. The van der Waals surface area contributed by atoms with E-state index in [-0.39, 0.29) is 11.2 Å². The van der Waals surface area contributed by atoms with E-state index in [9.17, 15) is 5.11 Å². The molecule has 0 unspecified atom stereocenters. The number of hydrogen-bond donors (Lipinski definition) is 1. The molecule has 0 spiro atoms. The van der Waals surface area contributed by atoms with Crippen LogP contribution in [0.1, 0.15) is 140 Å². The van der Waals surface area contributed by atoms with Crippen molar-refractivity contribution < 1.29 is 14.6 Å². The SMILES string of the molecule is CC(C)(Cc1cccc(O)c1CC(C)(C)OCCCCCCCCCc1ccccc1)OCCCCCCCCCc1ccccc1.